The van der Waals surface area contributed by atoms with Gasteiger partial charge in [-0.15, -0.1) is 10.2 Å². The summed E-state index contributed by atoms with van der Waals surface area (Å²) >= 11 is 0. The van der Waals surface area contributed by atoms with Gasteiger partial charge in [0.15, 0.2) is 0 Å². The van der Waals surface area contributed by atoms with E-state index >= 15 is 0 Å². The second-order valence-electron chi connectivity index (χ2n) is 5.87. The molecule has 4 rings (SSSR count). The molecule has 0 atom stereocenters. The Morgan fingerprint density at radius 1 is 1.15 bits per heavy atom. The molecule has 1 amide bonds. The number of hydrogen-bond acceptors (Lipinski definition) is 6. The van der Waals surface area contributed by atoms with Crippen molar-refractivity contribution in [2.45, 2.75) is 13.0 Å². The maximum atomic E-state index is 12.3. The Labute approximate surface area is 153 Å². The molecule has 134 valence electrons. The molecule has 0 saturated heterocycles. The van der Waals surface area contributed by atoms with Crippen LogP contribution in [0.25, 0.3) is 22.4 Å². The molecule has 0 radical (unpaired) electrons. The molecule has 2 aromatic heterocycles. The maximum absolute atomic E-state index is 12.3. The van der Waals surface area contributed by atoms with Crippen molar-refractivity contribution in [3.05, 3.63) is 71.3 Å². The van der Waals surface area contributed by atoms with E-state index in [-0.39, 0.29) is 17.8 Å². The van der Waals surface area contributed by atoms with E-state index in [9.17, 15) is 9.59 Å². The molecule has 0 bridgehead atoms. The highest BCUT2D eigenvalue weighted by Crippen LogP contribution is 2.20. The summed E-state index contributed by atoms with van der Waals surface area (Å²) in [6, 6.07) is 14.4. The first kappa shape index (κ1) is 16.6. The topological polar surface area (TPSA) is 103 Å². The number of fused-ring (bicyclic) bond motifs is 1. The van der Waals surface area contributed by atoms with Gasteiger partial charge in [-0.05, 0) is 30.3 Å². The number of amides is 1. The lowest BCUT2D eigenvalue weighted by molar-refractivity contribution is -0.116. The van der Waals surface area contributed by atoms with Crippen LogP contribution in [0.3, 0.4) is 0 Å². The first-order valence-corrected chi connectivity index (χ1v) is 8.32. The fraction of sp³-hybridized carbons (Fsp3) is 0.105. The second kappa shape index (κ2) is 7.20. The summed E-state index contributed by atoms with van der Waals surface area (Å²) in [5.74, 6) is 0.220. The molecule has 0 saturated carbocycles. The summed E-state index contributed by atoms with van der Waals surface area (Å²) in [6.45, 7) is 0.357. The summed E-state index contributed by atoms with van der Waals surface area (Å²) in [4.78, 5) is 24.2. The minimum atomic E-state index is -0.165. The Morgan fingerprint density at radius 3 is 2.89 bits per heavy atom. The van der Waals surface area contributed by atoms with Crippen LogP contribution < -0.4 is 10.7 Å². The zero-order valence-corrected chi connectivity index (χ0v) is 14.2. The van der Waals surface area contributed by atoms with E-state index < -0.39 is 0 Å². The summed E-state index contributed by atoms with van der Waals surface area (Å²) < 4.78 is 6.82. The van der Waals surface area contributed by atoms with Crippen LogP contribution in [0.15, 0.2) is 70.3 Å². The Kier molecular flexibility index (Phi) is 4.44. The van der Waals surface area contributed by atoms with Gasteiger partial charge in [0, 0.05) is 23.1 Å². The van der Waals surface area contributed by atoms with E-state index in [2.05, 4.69) is 20.6 Å². The molecule has 2 aromatic carbocycles. The quantitative estimate of drug-likeness (QED) is 0.586. The number of aromatic nitrogens is 4. The van der Waals surface area contributed by atoms with Crippen molar-refractivity contribution in [2.75, 3.05) is 5.32 Å². The van der Waals surface area contributed by atoms with Gasteiger partial charge in [-0.25, -0.2) is 0 Å². The van der Waals surface area contributed by atoms with Crippen molar-refractivity contribution >= 4 is 22.5 Å². The molecule has 4 aromatic rings. The van der Waals surface area contributed by atoms with Gasteiger partial charge in [0.2, 0.25) is 23.6 Å². The molecular weight excluding hydrogens is 346 g/mol. The predicted octanol–water partition coefficient (Wildman–Crippen LogP) is 2.48. The van der Waals surface area contributed by atoms with Crippen LogP contribution >= 0.6 is 0 Å². The van der Waals surface area contributed by atoms with Gasteiger partial charge < -0.3 is 9.73 Å². The van der Waals surface area contributed by atoms with E-state index in [4.69, 9.17) is 4.42 Å². The normalized spacial score (nSPS) is 10.8. The Balaban J connectivity index is 1.46. The van der Waals surface area contributed by atoms with Crippen molar-refractivity contribution in [2.24, 2.45) is 0 Å². The highest BCUT2D eigenvalue weighted by Gasteiger charge is 2.09. The number of benzene rings is 2. The van der Waals surface area contributed by atoms with E-state index in [1.807, 2.05) is 18.2 Å². The smallest absolute Gasteiger partial charge is 0.247 e. The molecular formula is C19H15N5O3. The lowest BCUT2D eigenvalue weighted by atomic mass is 10.2. The first-order valence-electron chi connectivity index (χ1n) is 8.32. The van der Waals surface area contributed by atoms with E-state index in [0.29, 0.717) is 29.0 Å². The maximum Gasteiger partial charge on any atom is 0.247 e. The minimum Gasteiger partial charge on any atom is -0.423 e. The first-order chi connectivity index (χ1) is 13.2. The molecule has 8 heteroatoms. The van der Waals surface area contributed by atoms with E-state index in [1.165, 1.54) is 12.6 Å². The van der Waals surface area contributed by atoms with Gasteiger partial charge in [-0.1, -0.05) is 18.2 Å². The number of para-hydroxylation sites is 1. The molecule has 0 aliphatic carbocycles. The van der Waals surface area contributed by atoms with E-state index in [0.717, 1.165) is 5.56 Å². The summed E-state index contributed by atoms with van der Waals surface area (Å²) in [7, 11) is 0. The zero-order chi connectivity index (χ0) is 18.6. The van der Waals surface area contributed by atoms with Gasteiger partial charge in [0.05, 0.1) is 18.3 Å². The highest BCUT2D eigenvalue weighted by atomic mass is 16.4. The van der Waals surface area contributed by atoms with Gasteiger partial charge in [-0.2, -0.15) is 5.10 Å². The molecule has 1 N–H and O–H groups in total. The third kappa shape index (κ3) is 3.59. The number of nitrogens with zero attached hydrogens (tertiary/aromatic N) is 4. The molecule has 2 heterocycles. The monoisotopic (exact) mass is 361 g/mol. The lowest BCUT2D eigenvalue weighted by Gasteiger charge is -2.10. The predicted molar refractivity (Wildman–Crippen MR) is 99.0 cm³/mol. The number of carbonyl (C=O) groups is 1. The fourth-order valence-corrected chi connectivity index (χ4v) is 2.80. The summed E-state index contributed by atoms with van der Waals surface area (Å²) in [5.41, 5.74) is 1.92. The molecule has 0 fully saturated rings. The van der Waals surface area contributed by atoms with Crippen LogP contribution in [0.2, 0.25) is 0 Å². The number of nitrogens with one attached hydrogen (secondary N) is 1. The largest absolute Gasteiger partial charge is 0.423 e. The number of hydrogen-bond donors (Lipinski definition) is 1. The Morgan fingerprint density at radius 2 is 2.04 bits per heavy atom. The summed E-state index contributed by atoms with van der Waals surface area (Å²) in [6.07, 6.45) is 2.74. The average Bonchev–Trinajstić information content (AvgIpc) is 3.23. The fourth-order valence-electron chi connectivity index (χ4n) is 2.80. The SMILES string of the molecule is O=C(CCn1ncc(=O)c2ccccc21)Nc1cccc(-c2nnco2)c1. The second-order valence-corrected chi connectivity index (χ2v) is 5.87. The van der Waals surface area contributed by atoms with Gasteiger partial charge >= 0.3 is 0 Å². The molecule has 0 aliphatic rings. The lowest BCUT2D eigenvalue weighted by Crippen LogP contribution is -2.18. The van der Waals surface area contributed by atoms with E-state index in [1.54, 1.807) is 35.0 Å². The van der Waals surface area contributed by atoms with Gasteiger partial charge in [0.1, 0.15) is 0 Å². The Hall–Kier alpha value is -3.81. The number of aryl methyl sites for hydroxylation is 1. The van der Waals surface area contributed by atoms with Crippen LogP contribution in [0.1, 0.15) is 6.42 Å². The third-order valence-electron chi connectivity index (χ3n) is 4.07. The van der Waals surface area contributed by atoms with Crippen LogP contribution in [-0.4, -0.2) is 25.9 Å². The molecule has 0 spiro atoms. The molecule has 0 aliphatic heterocycles. The van der Waals surface area contributed by atoms with Crippen LogP contribution in [0.4, 0.5) is 5.69 Å². The summed E-state index contributed by atoms with van der Waals surface area (Å²) in [5, 5.41) is 15.1. The van der Waals surface area contributed by atoms with Crippen LogP contribution in [0.5, 0.6) is 0 Å². The van der Waals surface area contributed by atoms with Crippen molar-refractivity contribution < 1.29 is 9.21 Å². The van der Waals surface area contributed by atoms with Gasteiger partial charge in [-0.3, -0.25) is 14.3 Å². The highest BCUT2D eigenvalue weighted by molar-refractivity contribution is 5.91. The number of carbonyl (C=O) groups excluding carboxylic acids is 1. The Bertz CT molecular complexity index is 1150. The van der Waals surface area contributed by atoms with Crippen molar-refractivity contribution in [3.8, 4) is 11.5 Å². The molecule has 0 unspecified atom stereocenters. The van der Waals surface area contributed by atoms with Crippen molar-refractivity contribution in [1.29, 1.82) is 0 Å². The van der Waals surface area contributed by atoms with Crippen molar-refractivity contribution in [3.63, 3.8) is 0 Å². The van der Waals surface area contributed by atoms with Crippen LogP contribution in [-0.2, 0) is 11.3 Å². The van der Waals surface area contributed by atoms with Gasteiger partial charge in [0.25, 0.3) is 0 Å². The average molecular weight is 361 g/mol. The molecule has 27 heavy (non-hydrogen) atoms. The standard InChI is InChI=1S/C19H15N5O3/c25-17-11-21-24(16-7-2-1-6-15(16)17)9-8-18(26)22-14-5-3-4-13(10-14)19-23-20-12-27-19/h1-7,10-12H,8-9H2,(H,22,26). The number of rotatable bonds is 5. The number of anilines is 1. The zero-order valence-electron chi connectivity index (χ0n) is 14.2. The minimum absolute atomic E-state index is 0.135. The van der Waals surface area contributed by atoms with Crippen LogP contribution in [0, 0.1) is 0 Å². The van der Waals surface area contributed by atoms with Crippen molar-refractivity contribution in [1.82, 2.24) is 20.0 Å². The third-order valence-corrected chi connectivity index (χ3v) is 4.07. The molecule has 8 nitrogen and oxygen atoms in total.